The second-order valence-corrected chi connectivity index (χ2v) is 6.05. The Balaban J connectivity index is 1.87. The van der Waals surface area contributed by atoms with Gasteiger partial charge in [0.15, 0.2) is 0 Å². The maximum absolute atomic E-state index is 6.35. The van der Waals surface area contributed by atoms with Crippen LogP contribution >= 0.6 is 11.6 Å². The number of nitrogens with zero attached hydrogens (tertiary/aromatic N) is 2. The molecule has 2 heterocycles. The maximum Gasteiger partial charge on any atom is 0.134 e. The molecule has 1 atom stereocenters. The van der Waals surface area contributed by atoms with E-state index in [0.717, 1.165) is 36.1 Å². The first-order valence-corrected chi connectivity index (χ1v) is 7.48. The van der Waals surface area contributed by atoms with E-state index in [0.29, 0.717) is 11.2 Å². The summed E-state index contributed by atoms with van der Waals surface area (Å²) >= 11 is 6.35. The van der Waals surface area contributed by atoms with Crippen LogP contribution in [-0.2, 0) is 6.54 Å². The van der Waals surface area contributed by atoms with E-state index in [1.807, 2.05) is 0 Å². The number of hydrogen-bond donors (Lipinski definition) is 1. The highest BCUT2D eigenvalue weighted by Crippen LogP contribution is 2.23. The fraction of sp³-hybridized carbons (Fsp3) is 0.438. The van der Waals surface area contributed by atoms with Crippen LogP contribution in [0, 0.1) is 6.92 Å². The van der Waals surface area contributed by atoms with Crippen LogP contribution in [0.15, 0.2) is 24.3 Å². The molecule has 20 heavy (non-hydrogen) atoms. The van der Waals surface area contributed by atoms with Crippen molar-refractivity contribution in [2.75, 3.05) is 20.1 Å². The van der Waals surface area contributed by atoms with Gasteiger partial charge in [0.1, 0.15) is 5.15 Å². The summed E-state index contributed by atoms with van der Waals surface area (Å²) < 4.78 is 0. The lowest BCUT2D eigenvalue weighted by Gasteiger charge is -2.23. The van der Waals surface area contributed by atoms with Gasteiger partial charge in [-0.1, -0.05) is 23.7 Å². The van der Waals surface area contributed by atoms with Gasteiger partial charge in [-0.25, -0.2) is 4.98 Å². The van der Waals surface area contributed by atoms with Crippen molar-refractivity contribution < 1.29 is 0 Å². The highest BCUT2D eigenvalue weighted by molar-refractivity contribution is 6.30. The number of aromatic nitrogens is 1. The van der Waals surface area contributed by atoms with Gasteiger partial charge < -0.3 is 5.32 Å². The first-order chi connectivity index (χ1) is 9.63. The lowest BCUT2D eigenvalue weighted by molar-refractivity contribution is 0.249. The molecule has 1 aliphatic heterocycles. The van der Waals surface area contributed by atoms with E-state index in [4.69, 9.17) is 11.6 Å². The number of halogens is 1. The van der Waals surface area contributed by atoms with Crippen LogP contribution in [0.5, 0.6) is 0 Å². The fourth-order valence-electron chi connectivity index (χ4n) is 2.82. The van der Waals surface area contributed by atoms with Gasteiger partial charge >= 0.3 is 0 Å². The third-order valence-corrected chi connectivity index (χ3v) is 4.40. The molecule has 0 amide bonds. The number of fused-ring (bicyclic) bond motifs is 1. The van der Waals surface area contributed by atoms with E-state index >= 15 is 0 Å². The van der Waals surface area contributed by atoms with Crippen molar-refractivity contribution in [2.24, 2.45) is 0 Å². The first kappa shape index (κ1) is 13.8. The number of aryl methyl sites for hydroxylation is 1. The number of benzene rings is 1. The number of likely N-dealkylation sites (N-methyl/N-ethyl adjacent to an activating group) is 1. The van der Waals surface area contributed by atoms with Gasteiger partial charge in [-0.05, 0) is 44.6 Å². The number of rotatable bonds is 3. The van der Waals surface area contributed by atoms with E-state index in [2.05, 4.69) is 53.4 Å². The van der Waals surface area contributed by atoms with Crippen molar-refractivity contribution in [1.29, 1.82) is 0 Å². The average Bonchev–Trinajstić information content (AvgIpc) is 2.94. The molecule has 0 saturated carbocycles. The van der Waals surface area contributed by atoms with Crippen molar-refractivity contribution in [3.05, 3.63) is 40.5 Å². The van der Waals surface area contributed by atoms with Gasteiger partial charge in [0.05, 0.1) is 5.52 Å². The zero-order chi connectivity index (χ0) is 14.1. The Morgan fingerprint density at radius 2 is 2.25 bits per heavy atom. The Morgan fingerprint density at radius 3 is 3.00 bits per heavy atom. The minimum atomic E-state index is 0.597. The van der Waals surface area contributed by atoms with Crippen LogP contribution in [0.2, 0.25) is 5.15 Å². The first-order valence-electron chi connectivity index (χ1n) is 7.10. The standard InChI is InChI=1S/C16H20ClN3/c1-11-3-4-12-8-13(16(17)19-15(12)7-11)10-20(2)14-5-6-18-9-14/h3-4,7-8,14,18H,5-6,9-10H2,1-2H3. The smallest absolute Gasteiger partial charge is 0.134 e. The highest BCUT2D eigenvalue weighted by Gasteiger charge is 2.20. The number of hydrogen-bond acceptors (Lipinski definition) is 3. The Kier molecular flexibility index (Phi) is 3.92. The van der Waals surface area contributed by atoms with E-state index in [1.165, 1.54) is 12.0 Å². The van der Waals surface area contributed by atoms with Gasteiger partial charge in [-0.3, -0.25) is 4.90 Å². The topological polar surface area (TPSA) is 28.2 Å². The summed E-state index contributed by atoms with van der Waals surface area (Å²) in [6.45, 7) is 5.10. The summed E-state index contributed by atoms with van der Waals surface area (Å²) in [5, 5.41) is 5.19. The molecular weight excluding hydrogens is 270 g/mol. The molecule has 106 valence electrons. The van der Waals surface area contributed by atoms with Crippen molar-refractivity contribution in [2.45, 2.75) is 25.9 Å². The molecule has 0 bridgehead atoms. The monoisotopic (exact) mass is 289 g/mol. The van der Waals surface area contributed by atoms with Crippen LogP contribution in [0.1, 0.15) is 17.5 Å². The van der Waals surface area contributed by atoms with Gasteiger partial charge in [0, 0.05) is 30.1 Å². The molecule has 4 heteroatoms. The molecule has 2 aromatic rings. The van der Waals surface area contributed by atoms with Gasteiger partial charge in [-0.2, -0.15) is 0 Å². The largest absolute Gasteiger partial charge is 0.315 e. The molecule has 1 saturated heterocycles. The van der Waals surface area contributed by atoms with Crippen LogP contribution in [0.4, 0.5) is 0 Å². The Morgan fingerprint density at radius 1 is 1.40 bits per heavy atom. The lowest BCUT2D eigenvalue weighted by Crippen LogP contribution is -2.32. The normalized spacial score (nSPS) is 19.1. The number of nitrogens with one attached hydrogen (secondary N) is 1. The second-order valence-electron chi connectivity index (χ2n) is 5.70. The molecule has 3 rings (SSSR count). The zero-order valence-corrected chi connectivity index (χ0v) is 12.7. The van der Waals surface area contributed by atoms with Crippen molar-refractivity contribution in [1.82, 2.24) is 15.2 Å². The molecule has 1 aliphatic rings. The molecule has 0 spiro atoms. The predicted octanol–water partition coefficient (Wildman–Crippen LogP) is 2.99. The van der Waals surface area contributed by atoms with Crippen LogP contribution in [0.3, 0.4) is 0 Å². The maximum atomic E-state index is 6.35. The van der Waals surface area contributed by atoms with E-state index < -0.39 is 0 Å². The fourth-order valence-corrected chi connectivity index (χ4v) is 3.03. The summed E-state index contributed by atoms with van der Waals surface area (Å²) in [6.07, 6.45) is 1.20. The van der Waals surface area contributed by atoms with Crippen molar-refractivity contribution in [3.63, 3.8) is 0 Å². The summed E-state index contributed by atoms with van der Waals surface area (Å²) in [5.74, 6) is 0. The molecule has 0 radical (unpaired) electrons. The molecule has 1 aromatic heterocycles. The third-order valence-electron chi connectivity index (χ3n) is 4.08. The van der Waals surface area contributed by atoms with Gasteiger partial charge in [0.2, 0.25) is 0 Å². The van der Waals surface area contributed by atoms with Gasteiger partial charge in [0.25, 0.3) is 0 Å². The summed E-state index contributed by atoms with van der Waals surface area (Å²) in [7, 11) is 2.16. The van der Waals surface area contributed by atoms with Gasteiger partial charge in [-0.15, -0.1) is 0 Å². The predicted molar refractivity (Wildman–Crippen MR) is 84.2 cm³/mol. The third kappa shape index (κ3) is 2.80. The lowest BCUT2D eigenvalue weighted by atomic mass is 10.1. The van der Waals surface area contributed by atoms with Crippen LogP contribution in [-0.4, -0.2) is 36.1 Å². The molecule has 3 nitrogen and oxygen atoms in total. The van der Waals surface area contributed by atoms with E-state index in [9.17, 15) is 0 Å². The van der Waals surface area contributed by atoms with E-state index in [-0.39, 0.29) is 0 Å². The van der Waals surface area contributed by atoms with Crippen LogP contribution < -0.4 is 5.32 Å². The zero-order valence-electron chi connectivity index (χ0n) is 12.0. The summed E-state index contributed by atoms with van der Waals surface area (Å²) in [6, 6.07) is 9.08. The molecule has 1 aromatic carbocycles. The average molecular weight is 290 g/mol. The molecular formula is C16H20ClN3. The second kappa shape index (κ2) is 5.68. The summed E-state index contributed by atoms with van der Waals surface area (Å²) in [4.78, 5) is 6.90. The highest BCUT2D eigenvalue weighted by atomic mass is 35.5. The molecule has 1 fully saturated rings. The molecule has 1 N–H and O–H groups in total. The molecule has 1 unspecified atom stereocenters. The summed E-state index contributed by atoms with van der Waals surface area (Å²) in [5.41, 5.74) is 3.30. The van der Waals surface area contributed by atoms with Crippen molar-refractivity contribution >= 4 is 22.5 Å². The number of pyridine rings is 1. The van der Waals surface area contributed by atoms with E-state index in [1.54, 1.807) is 0 Å². The molecule has 0 aliphatic carbocycles. The quantitative estimate of drug-likeness (QED) is 0.881. The Labute approximate surface area is 124 Å². The van der Waals surface area contributed by atoms with Crippen LogP contribution in [0.25, 0.3) is 10.9 Å². The Bertz CT molecular complexity index is 620. The minimum Gasteiger partial charge on any atom is -0.315 e. The van der Waals surface area contributed by atoms with Crippen molar-refractivity contribution in [3.8, 4) is 0 Å². The SMILES string of the molecule is Cc1ccc2cc(CN(C)C3CCNC3)c(Cl)nc2c1. The Hall–Kier alpha value is -1.16. The minimum absolute atomic E-state index is 0.597.